The van der Waals surface area contributed by atoms with Gasteiger partial charge in [0.25, 0.3) is 5.92 Å². The average molecular weight is 618 g/mol. The molecule has 1 amide bonds. The van der Waals surface area contributed by atoms with Crippen LogP contribution in [0.1, 0.15) is 81.3 Å². The minimum Gasteiger partial charge on any atom is -0.465 e. The number of benzene rings is 2. The number of aromatic amines is 1. The van der Waals surface area contributed by atoms with E-state index >= 15 is 8.78 Å². The summed E-state index contributed by atoms with van der Waals surface area (Å²) in [5.41, 5.74) is 2.06. The molecule has 11 heteroatoms. The highest BCUT2D eigenvalue weighted by Gasteiger charge is 2.42. The van der Waals surface area contributed by atoms with Crippen molar-refractivity contribution in [1.29, 1.82) is 0 Å². The highest BCUT2D eigenvalue weighted by molar-refractivity contribution is 5.96. The number of hydrogen-bond donors (Lipinski definition) is 1. The molecule has 7 nitrogen and oxygen atoms in total. The summed E-state index contributed by atoms with van der Waals surface area (Å²) in [6.07, 6.45) is 2.07. The molecular formula is C33H39F4N3O4. The van der Waals surface area contributed by atoms with Crippen molar-refractivity contribution in [3.05, 3.63) is 75.5 Å². The number of ether oxygens (including phenoxy) is 2. The van der Waals surface area contributed by atoms with Gasteiger partial charge in [0, 0.05) is 49.6 Å². The summed E-state index contributed by atoms with van der Waals surface area (Å²) in [6.45, 7) is 7.85. The van der Waals surface area contributed by atoms with Crippen LogP contribution in [0.15, 0.2) is 35.9 Å². The monoisotopic (exact) mass is 617 g/mol. The summed E-state index contributed by atoms with van der Waals surface area (Å²) in [7, 11) is 1.27. The van der Waals surface area contributed by atoms with E-state index in [1.165, 1.54) is 29.0 Å². The molecule has 2 aliphatic rings. The number of carbonyl (C=O) groups excluding carboxylic acids is 2. The van der Waals surface area contributed by atoms with E-state index in [4.69, 9.17) is 9.47 Å². The molecule has 238 valence electrons. The van der Waals surface area contributed by atoms with Gasteiger partial charge >= 0.3 is 12.1 Å². The smallest absolute Gasteiger partial charge is 0.410 e. The van der Waals surface area contributed by atoms with Crippen molar-refractivity contribution in [3.8, 4) is 0 Å². The molecule has 0 bridgehead atoms. The number of H-pyrrole nitrogens is 1. The average Bonchev–Trinajstić information content (AvgIpc) is 3.52. The molecule has 1 aromatic heterocycles. The summed E-state index contributed by atoms with van der Waals surface area (Å²) < 4.78 is 71.2. The Morgan fingerprint density at radius 1 is 1.11 bits per heavy atom. The number of rotatable bonds is 5. The lowest BCUT2D eigenvalue weighted by atomic mass is 9.87. The Labute approximate surface area is 255 Å². The van der Waals surface area contributed by atoms with Crippen LogP contribution in [-0.2, 0) is 15.9 Å². The minimum atomic E-state index is -3.13. The van der Waals surface area contributed by atoms with E-state index in [0.29, 0.717) is 30.6 Å². The quantitative estimate of drug-likeness (QED) is 0.237. The molecule has 3 aromatic rings. The first-order chi connectivity index (χ1) is 20.5. The number of likely N-dealkylation sites (tertiary alicyclic amines) is 1. The van der Waals surface area contributed by atoms with Crippen molar-refractivity contribution in [2.75, 3.05) is 26.7 Å². The molecule has 0 radical (unpaired) electrons. The Morgan fingerprint density at radius 3 is 2.41 bits per heavy atom. The first kappa shape index (κ1) is 31.6. The molecule has 0 unspecified atom stereocenters. The van der Waals surface area contributed by atoms with Crippen LogP contribution in [-0.4, -0.2) is 71.2 Å². The number of methoxy groups -OCH3 is 1. The number of hydrogen-bond acceptors (Lipinski definition) is 5. The van der Waals surface area contributed by atoms with Gasteiger partial charge in [-0.1, -0.05) is 12.1 Å². The van der Waals surface area contributed by atoms with Gasteiger partial charge in [0.2, 0.25) is 0 Å². The highest BCUT2D eigenvalue weighted by Crippen LogP contribution is 2.44. The van der Waals surface area contributed by atoms with Crippen molar-refractivity contribution >= 4 is 29.0 Å². The fourth-order valence-corrected chi connectivity index (χ4v) is 6.15. The topological polar surface area (TPSA) is 74.9 Å². The maximum Gasteiger partial charge on any atom is 0.410 e. The van der Waals surface area contributed by atoms with E-state index in [2.05, 4.69) is 4.98 Å². The highest BCUT2D eigenvalue weighted by atomic mass is 19.3. The second kappa shape index (κ2) is 11.6. The number of nitrogens with zero attached hydrogens (tertiary/aromatic N) is 2. The predicted octanol–water partition coefficient (Wildman–Crippen LogP) is 7.49. The third kappa shape index (κ3) is 6.47. The first-order valence-electron chi connectivity index (χ1n) is 14.6. The number of amides is 1. The number of aromatic nitrogens is 1. The number of halogens is 4. The van der Waals surface area contributed by atoms with Crippen molar-refractivity contribution in [2.45, 2.75) is 71.1 Å². The number of alkyl halides is 2. The lowest BCUT2D eigenvalue weighted by molar-refractivity contribution is -0.0374. The van der Waals surface area contributed by atoms with Crippen LogP contribution >= 0.6 is 0 Å². The second-order valence-corrected chi connectivity index (χ2v) is 12.8. The predicted molar refractivity (Wildman–Crippen MR) is 161 cm³/mol. The number of nitrogens with one attached hydrogen (secondary N) is 1. The van der Waals surface area contributed by atoms with E-state index in [1.54, 1.807) is 52.0 Å². The zero-order chi connectivity index (χ0) is 32.1. The van der Waals surface area contributed by atoms with Gasteiger partial charge in [-0.2, -0.15) is 0 Å². The molecular weight excluding hydrogens is 578 g/mol. The van der Waals surface area contributed by atoms with Gasteiger partial charge < -0.3 is 19.4 Å². The summed E-state index contributed by atoms with van der Waals surface area (Å²) in [5.74, 6) is -5.42. The van der Waals surface area contributed by atoms with E-state index in [9.17, 15) is 18.4 Å². The van der Waals surface area contributed by atoms with Gasteiger partial charge in [0.15, 0.2) is 0 Å². The van der Waals surface area contributed by atoms with Gasteiger partial charge in [-0.3, -0.25) is 4.90 Å². The molecule has 0 saturated carbocycles. The molecule has 2 atom stereocenters. The number of fused-ring (bicyclic) bond motifs is 3. The van der Waals surface area contributed by atoms with Gasteiger partial charge in [-0.15, -0.1) is 0 Å². The molecule has 1 N–H and O–H groups in total. The van der Waals surface area contributed by atoms with Gasteiger partial charge in [-0.05, 0) is 81.5 Å². The molecule has 2 aliphatic heterocycles. The van der Waals surface area contributed by atoms with E-state index in [0.717, 1.165) is 23.4 Å². The largest absolute Gasteiger partial charge is 0.465 e. The minimum absolute atomic E-state index is 0. The zero-order valence-corrected chi connectivity index (χ0v) is 25.7. The molecule has 2 aromatic carbocycles. The van der Waals surface area contributed by atoms with Crippen molar-refractivity contribution in [2.24, 2.45) is 0 Å². The Kier molecular flexibility index (Phi) is 8.30. The number of carbonyl (C=O) groups is 2. The normalized spacial score (nSPS) is 20.3. The van der Waals surface area contributed by atoms with Crippen LogP contribution in [0.3, 0.4) is 0 Å². The SMILES string of the molecule is COC(=O)c1ccc2c3c([nH]c2c1)[C@@H](c1c(F)cc(/C=C2/CCN(C(=O)OC(C)(C)C)C2)cc1F)N(CC(C)(F)F)[C@H](C)C3.[HH]. The van der Waals surface area contributed by atoms with Crippen LogP contribution in [0.4, 0.5) is 22.4 Å². The van der Waals surface area contributed by atoms with Crippen LogP contribution in [0.2, 0.25) is 0 Å². The fraction of sp³-hybridized carbons (Fsp3) is 0.455. The van der Waals surface area contributed by atoms with Gasteiger partial charge in [-0.25, -0.2) is 27.2 Å². The lowest BCUT2D eigenvalue weighted by Crippen LogP contribution is -2.47. The van der Waals surface area contributed by atoms with Gasteiger partial charge in [0.1, 0.15) is 17.2 Å². The fourth-order valence-electron chi connectivity index (χ4n) is 6.15. The van der Waals surface area contributed by atoms with E-state index < -0.39 is 53.8 Å². The summed E-state index contributed by atoms with van der Waals surface area (Å²) in [4.78, 5) is 30.7. The second-order valence-electron chi connectivity index (χ2n) is 12.8. The van der Waals surface area contributed by atoms with E-state index in [1.807, 2.05) is 0 Å². The Morgan fingerprint density at radius 2 is 1.80 bits per heavy atom. The molecule has 1 saturated heterocycles. The maximum absolute atomic E-state index is 16.0. The summed E-state index contributed by atoms with van der Waals surface area (Å²) in [5, 5.41) is 0.741. The Bertz CT molecular complexity index is 1620. The third-order valence-electron chi connectivity index (χ3n) is 7.99. The summed E-state index contributed by atoms with van der Waals surface area (Å²) >= 11 is 0. The van der Waals surface area contributed by atoms with Crippen LogP contribution in [0.25, 0.3) is 17.0 Å². The third-order valence-corrected chi connectivity index (χ3v) is 7.99. The first-order valence-corrected chi connectivity index (χ1v) is 14.6. The lowest BCUT2D eigenvalue weighted by Gasteiger charge is -2.42. The summed E-state index contributed by atoms with van der Waals surface area (Å²) in [6, 6.07) is 5.66. The van der Waals surface area contributed by atoms with Crippen molar-refractivity contribution in [1.82, 2.24) is 14.8 Å². The molecule has 0 spiro atoms. The molecule has 0 aliphatic carbocycles. The maximum atomic E-state index is 16.0. The van der Waals surface area contributed by atoms with Crippen molar-refractivity contribution in [3.63, 3.8) is 0 Å². The molecule has 3 heterocycles. The van der Waals surface area contributed by atoms with Crippen LogP contribution < -0.4 is 0 Å². The van der Waals surface area contributed by atoms with Gasteiger partial charge in [0.05, 0.1) is 25.3 Å². The molecule has 5 rings (SSSR count). The molecule has 1 fully saturated rings. The van der Waals surface area contributed by atoms with Crippen LogP contribution in [0, 0.1) is 11.6 Å². The standard InChI is InChI=1S/C33H37F4N3O4.H2/c1-18-11-23-22-8-7-21(30(41)43-6)15-26(22)38-28(23)29(40(18)17-33(5,36)37)27-24(34)13-20(14-25(27)35)12-19-9-10-39(16-19)31(42)44-32(2,3)4;/h7-8,12-15,18,29,38H,9-11,16-17H2,1-6H3;1H/b19-12-;/t18-,29-;/m1./s1. The Hall–Kier alpha value is -3.86. The number of esters is 1. The van der Waals surface area contributed by atoms with Crippen molar-refractivity contribution < 1.29 is 38.1 Å². The van der Waals surface area contributed by atoms with Crippen LogP contribution in [0.5, 0.6) is 0 Å². The Balaban J connectivity index is 0.00000461. The molecule has 44 heavy (non-hydrogen) atoms. The van der Waals surface area contributed by atoms with E-state index in [-0.39, 0.29) is 24.7 Å². The zero-order valence-electron chi connectivity index (χ0n) is 25.7.